The zero-order chi connectivity index (χ0) is 15.1. The van der Waals surface area contributed by atoms with Gasteiger partial charge in [0.2, 0.25) is 0 Å². The molecule has 1 aromatic rings. The molecule has 0 bridgehead atoms. The van der Waals surface area contributed by atoms with E-state index in [1.807, 2.05) is 0 Å². The topological polar surface area (TPSA) is 97.6 Å². The Hall–Kier alpha value is -1.03. The first-order chi connectivity index (χ1) is 9.23. The van der Waals surface area contributed by atoms with Gasteiger partial charge in [0.1, 0.15) is 9.99 Å². The molecule has 0 saturated carbocycles. The zero-order valence-corrected chi connectivity index (χ0v) is 12.8. The molecule has 1 aromatic heterocycles. The van der Waals surface area contributed by atoms with Crippen LogP contribution in [0, 0.1) is 16.0 Å². The maximum Gasteiger partial charge on any atom is 0.300 e. The Balaban J connectivity index is 2.33. The van der Waals surface area contributed by atoms with Crippen molar-refractivity contribution in [2.24, 2.45) is 5.92 Å². The summed E-state index contributed by atoms with van der Waals surface area (Å²) in [6, 6.07) is 0.962. The summed E-state index contributed by atoms with van der Waals surface area (Å²) in [7, 11) is -3.84. The lowest BCUT2D eigenvalue weighted by molar-refractivity contribution is -0.384. The van der Waals surface area contributed by atoms with Crippen molar-refractivity contribution in [1.82, 2.24) is 4.31 Å². The first-order valence-electron chi connectivity index (χ1n) is 5.70. The van der Waals surface area contributed by atoms with Gasteiger partial charge in [-0.1, -0.05) is 18.5 Å². The fourth-order valence-electron chi connectivity index (χ4n) is 1.92. The van der Waals surface area contributed by atoms with Gasteiger partial charge in [0.05, 0.1) is 4.92 Å². The van der Waals surface area contributed by atoms with Crippen LogP contribution < -0.4 is 0 Å². The molecule has 1 aliphatic heterocycles. The summed E-state index contributed by atoms with van der Waals surface area (Å²) in [6.45, 7) is 1.84. The molecule has 0 amide bonds. The molecule has 110 valence electrons. The number of rotatable bonds is 3. The van der Waals surface area contributed by atoms with Crippen molar-refractivity contribution in [3.8, 4) is 0 Å². The molecule has 1 saturated heterocycles. The molecular formula is C10H11ClN2O5S2. The molecule has 0 aromatic carbocycles. The number of sulfonamides is 1. The van der Waals surface area contributed by atoms with Crippen LogP contribution in [-0.2, 0) is 14.8 Å². The van der Waals surface area contributed by atoms with Gasteiger partial charge in [0.15, 0.2) is 4.34 Å². The van der Waals surface area contributed by atoms with E-state index in [1.54, 1.807) is 6.92 Å². The molecule has 2 heterocycles. The number of carbonyl (C=O) groups excluding carboxylic acids is 1. The lowest BCUT2D eigenvalue weighted by atomic mass is 10.0. The quantitative estimate of drug-likeness (QED) is 0.619. The molecule has 10 heteroatoms. The Morgan fingerprint density at radius 2 is 2.20 bits per heavy atom. The van der Waals surface area contributed by atoms with E-state index in [-0.39, 0.29) is 39.8 Å². The second kappa shape index (κ2) is 5.40. The van der Waals surface area contributed by atoms with E-state index in [2.05, 4.69) is 0 Å². The van der Waals surface area contributed by atoms with Gasteiger partial charge in [-0.3, -0.25) is 14.9 Å². The molecule has 1 fully saturated rings. The summed E-state index contributed by atoms with van der Waals surface area (Å²) in [5.41, 5.74) is -0.420. The van der Waals surface area contributed by atoms with Gasteiger partial charge < -0.3 is 0 Å². The molecule has 0 N–H and O–H groups in total. The second-order valence-corrected chi connectivity index (χ2v) is 8.28. The van der Waals surface area contributed by atoms with Gasteiger partial charge in [-0.2, -0.15) is 4.31 Å². The molecule has 0 spiro atoms. The molecule has 1 atom stereocenters. The van der Waals surface area contributed by atoms with Crippen LogP contribution in [0.5, 0.6) is 0 Å². The average molecular weight is 339 g/mol. The van der Waals surface area contributed by atoms with Crippen LogP contribution in [0.25, 0.3) is 0 Å². The van der Waals surface area contributed by atoms with Gasteiger partial charge in [0.25, 0.3) is 15.7 Å². The minimum Gasteiger partial charge on any atom is -0.299 e. The van der Waals surface area contributed by atoms with Crippen LogP contribution in [0.3, 0.4) is 0 Å². The largest absolute Gasteiger partial charge is 0.300 e. The first kappa shape index (κ1) is 15.4. The van der Waals surface area contributed by atoms with Crippen LogP contribution in [0.15, 0.2) is 10.3 Å². The summed E-state index contributed by atoms with van der Waals surface area (Å²) >= 11 is 6.33. The van der Waals surface area contributed by atoms with Gasteiger partial charge in [0, 0.05) is 31.5 Å². The van der Waals surface area contributed by atoms with E-state index in [0.29, 0.717) is 11.3 Å². The third-order valence-corrected chi connectivity index (χ3v) is 6.72. The van der Waals surface area contributed by atoms with E-state index in [1.165, 1.54) is 4.31 Å². The van der Waals surface area contributed by atoms with Crippen molar-refractivity contribution >= 4 is 44.4 Å². The smallest absolute Gasteiger partial charge is 0.299 e. The van der Waals surface area contributed by atoms with E-state index < -0.39 is 20.6 Å². The zero-order valence-electron chi connectivity index (χ0n) is 10.4. The van der Waals surface area contributed by atoms with Crippen molar-refractivity contribution in [3.05, 3.63) is 20.5 Å². The van der Waals surface area contributed by atoms with Crippen molar-refractivity contribution in [2.75, 3.05) is 13.1 Å². The van der Waals surface area contributed by atoms with Gasteiger partial charge >= 0.3 is 0 Å². The molecule has 2 rings (SSSR count). The van der Waals surface area contributed by atoms with Crippen molar-refractivity contribution in [2.45, 2.75) is 17.6 Å². The standard InChI is InChI=1S/C10H11ClN2O5S2/c1-6-5-12(3-2-8(6)14)20(17,18)9-4-7(13(15)16)10(11)19-9/h4,6H,2-3,5H2,1H3. The second-order valence-electron chi connectivity index (χ2n) is 4.46. The fourth-order valence-corrected chi connectivity index (χ4v) is 5.26. The molecule has 0 aliphatic carbocycles. The number of Topliss-reactive ketones (excluding diaryl/α,β-unsaturated/α-hetero) is 1. The number of nitrogens with zero attached hydrogens (tertiary/aromatic N) is 2. The lowest BCUT2D eigenvalue weighted by Crippen LogP contribution is -2.42. The lowest BCUT2D eigenvalue weighted by Gasteiger charge is -2.28. The maximum atomic E-state index is 12.4. The van der Waals surface area contributed by atoms with Crippen LogP contribution in [0.1, 0.15) is 13.3 Å². The highest BCUT2D eigenvalue weighted by atomic mass is 35.5. The summed E-state index contributed by atoms with van der Waals surface area (Å²) in [6.07, 6.45) is 0.154. The van der Waals surface area contributed by atoms with E-state index in [4.69, 9.17) is 11.6 Å². The predicted molar refractivity (Wildman–Crippen MR) is 73.5 cm³/mol. The molecular weight excluding hydrogens is 328 g/mol. The van der Waals surface area contributed by atoms with Crippen LogP contribution in [0.2, 0.25) is 4.34 Å². The Morgan fingerprint density at radius 1 is 1.55 bits per heavy atom. The fraction of sp³-hybridized carbons (Fsp3) is 0.500. The number of hydrogen-bond donors (Lipinski definition) is 0. The molecule has 1 unspecified atom stereocenters. The number of hydrogen-bond acceptors (Lipinski definition) is 6. The maximum absolute atomic E-state index is 12.4. The summed E-state index contributed by atoms with van der Waals surface area (Å²) in [5.74, 6) is -0.351. The Bertz CT molecular complexity index is 669. The number of carbonyl (C=O) groups is 1. The molecule has 1 aliphatic rings. The van der Waals surface area contributed by atoms with Gasteiger partial charge in [-0.15, -0.1) is 11.3 Å². The minimum atomic E-state index is -3.84. The Morgan fingerprint density at radius 3 is 2.70 bits per heavy atom. The SMILES string of the molecule is CC1CN(S(=O)(=O)c2cc([N+](=O)[O-])c(Cl)s2)CCC1=O. The summed E-state index contributed by atoms with van der Waals surface area (Å²) < 4.78 is 25.6. The van der Waals surface area contributed by atoms with E-state index in [9.17, 15) is 23.3 Å². The molecule has 0 radical (unpaired) electrons. The van der Waals surface area contributed by atoms with Crippen molar-refractivity contribution < 1.29 is 18.1 Å². The van der Waals surface area contributed by atoms with Crippen LogP contribution >= 0.6 is 22.9 Å². The summed E-state index contributed by atoms with van der Waals surface area (Å²) in [5, 5.41) is 10.7. The number of piperidine rings is 1. The highest BCUT2D eigenvalue weighted by molar-refractivity contribution is 7.91. The van der Waals surface area contributed by atoms with Gasteiger partial charge in [-0.05, 0) is 0 Å². The third kappa shape index (κ3) is 2.71. The highest BCUT2D eigenvalue weighted by Gasteiger charge is 2.35. The summed E-state index contributed by atoms with van der Waals surface area (Å²) in [4.78, 5) is 21.4. The third-order valence-electron chi connectivity index (χ3n) is 3.07. The predicted octanol–water partition coefficient (Wildman–Crippen LogP) is 1.91. The monoisotopic (exact) mass is 338 g/mol. The van der Waals surface area contributed by atoms with Crippen molar-refractivity contribution in [3.63, 3.8) is 0 Å². The molecule has 7 nitrogen and oxygen atoms in total. The minimum absolute atomic E-state index is 0.0200. The highest BCUT2D eigenvalue weighted by Crippen LogP contribution is 2.38. The normalized spacial score (nSPS) is 21.1. The van der Waals surface area contributed by atoms with E-state index >= 15 is 0 Å². The molecule has 20 heavy (non-hydrogen) atoms. The number of halogens is 1. The first-order valence-corrected chi connectivity index (χ1v) is 8.33. The number of ketones is 1. The van der Waals surface area contributed by atoms with Gasteiger partial charge in [-0.25, -0.2) is 8.42 Å². The Kier molecular flexibility index (Phi) is 4.14. The van der Waals surface area contributed by atoms with Crippen molar-refractivity contribution in [1.29, 1.82) is 0 Å². The average Bonchev–Trinajstić information content (AvgIpc) is 2.75. The van der Waals surface area contributed by atoms with Crippen LogP contribution in [0.4, 0.5) is 5.69 Å². The van der Waals surface area contributed by atoms with Crippen LogP contribution in [-0.4, -0.2) is 36.5 Å². The Labute approximate surface area is 124 Å². The number of thiophene rings is 1. The van der Waals surface area contributed by atoms with E-state index in [0.717, 1.165) is 6.07 Å². The number of nitro groups is 1.